The number of hydrogen-bond acceptors (Lipinski definition) is 2. The second-order valence-corrected chi connectivity index (χ2v) is 6.40. The first kappa shape index (κ1) is 12.5. The van der Waals surface area contributed by atoms with Crippen LogP contribution < -0.4 is 4.74 Å². The molecular weight excluding hydrogens is 272 g/mol. The molecule has 2 aromatic rings. The maximum absolute atomic E-state index is 6.14. The zero-order valence-corrected chi connectivity index (χ0v) is 12.4. The predicted octanol–water partition coefficient (Wildman–Crippen LogP) is 4.14. The van der Waals surface area contributed by atoms with E-state index in [1.807, 2.05) is 12.1 Å². The Hall–Kier alpha value is -1.22. The summed E-state index contributed by atoms with van der Waals surface area (Å²) >= 11 is 6.14. The molecule has 2 aliphatic rings. The van der Waals surface area contributed by atoms with Gasteiger partial charge in [0.1, 0.15) is 11.6 Å². The summed E-state index contributed by atoms with van der Waals surface area (Å²) in [4.78, 5) is 4.71. The van der Waals surface area contributed by atoms with Crippen LogP contribution in [0.1, 0.15) is 37.5 Å². The Balaban J connectivity index is 1.87. The van der Waals surface area contributed by atoms with Crippen LogP contribution in [0.4, 0.5) is 0 Å². The Kier molecular flexibility index (Phi) is 2.92. The van der Waals surface area contributed by atoms with Crippen molar-refractivity contribution in [2.45, 2.75) is 37.6 Å². The van der Waals surface area contributed by atoms with Crippen molar-refractivity contribution < 1.29 is 4.74 Å². The molecule has 0 radical (unpaired) electrons. The molecule has 0 N–H and O–H groups in total. The molecular formula is C16H19ClN2O. The molecule has 3 unspecified atom stereocenters. The maximum atomic E-state index is 6.14. The molecule has 20 heavy (non-hydrogen) atoms. The third-order valence-corrected chi connectivity index (χ3v) is 5.36. The van der Waals surface area contributed by atoms with Crippen LogP contribution in [0.15, 0.2) is 18.2 Å². The first-order valence-electron chi connectivity index (χ1n) is 7.41. The Morgan fingerprint density at radius 2 is 2.25 bits per heavy atom. The molecule has 2 saturated carbocycles. The number of alkyl halides is 1. The maximum Gasteiger partial charge on any atom is 0.125 e. The zero-order valence-electron chi connectivity index (χ0n) is 11.7. The lowest BCUT2D eigenvalue weighted by Gasteiger charge is -2.25. The van der Waals surface area contributed by atoms with E-state index in [0.29, 0.717) is 11.9 Å². The predicted molar refractivity (Wildman–Crippen MR) is 80.3 cm³/mol. The highest BCUT2D eigenvalue weighted by atomic mass is 35.5. The number of aromatic nitrogens is 2. The van der Waals surface area contributed by atoms with Gasteiger partial charge in [-0.15, -0.1) is 11.6 Å². The van der Waals surface area contributed by atoms with Gasteiger partial charge in [0.25, 0.3) is 0 Å². The molecule has 2 bridgehead atoms. The minimum atomic E-state index is 0.477. The molecule has 2 fully saturated rings. The fourth-order valence-corrected chi connectivity index (χ4v) is 4.43. The van der Waals surface area contributed by atoms with E-state index in [2.05, 4.69) is 10.6 Å². The van der Waals surface area contributed by atoms with Gasteiger partial charge >= 0.3 is 0 Å². The molecule has 0 saturated heterocycles. The normalized spacial score (nSPS) is 28.4. The molecule has 2 aliphatic carbocycles. The average Bonchev–Trinajstić information content (AvgIpc) is 3.18. The zero-order chi connectivity index (χ0) is 13.7. The summed E-state index contributed by atoms with van der Waals surface area (Å²) in [6, 6.07) is 6.69. The van der Waals surface area contributed by atoms with Crippen LogP contribution in [0.5, 0.6) is 5.75 Å². The number of benzene rings is 1. The first-order valence-corrected chi connectivity index (χ1v) is 7.94. The summed E-state index contributed by atoms with van der Waals surface area (Å²) in [7, 11) is 1.71. The van der Waals surface area contributed by atoms with Gasteiger partial charge < -0.3 is 9.30 Å². The fraction of sp³-hybridized carbons (Fsp3) is 0.562. The smallest absolute Gasteiger partial charge is 0.125 e. The van der Waals surface area contributed by atoms with Crippen LogP contribution >= 0.6 is 11.6 Å². The second kappa shape index (κ2) is 4.66. The molecule has 1 heterocycles. The van der Waals surface area contributed by atoms with E-state index in [0.717, 1.165) is 28.9 Å². The molecule has 106 valence electrons. The number of methoxy groups -OCH3 is 1. The van der Waals surface area contributed by atoms with Gasteiger partial charge in [-0.1, -0.05) is 6.42 Å². The minimum absolute atomic E-state index is 0.477. The van der Waals surface area contributed by atoms with E-state index >= 15 is 0 Å². The Morgan fingerprint density at radius 3 is 2.90 bits per heavy atom. The molecule has 4 rings (SSSR count). The van der Waals surface area contributed by atoms with Crippen molar-refractivity contribution in [3.63, 3.8) is 0 Å². The summed E-state index contributed by atoms with van der Waals surface area (Å²) in [6.45, 7) is 0. The molecule has 0 amide bonds. The third-order valence-electron chi connectivity index (χ3n) is 5.12. The third kappa shape index (κ3) is 1.76. The van der Waals surface area contributed by atoms with Crippen LogP contribution in [-0.4, -0.2) is 16.7 Å². The Labute approximate surface area is 123 Å². The van der Waals surface area contributed by atoms with Gasteiger partial charge in [-0.2, -0.15) is 0 Å². The largest absolute Gasteiger partial charge is 0.497 e. The quantitative estimate of drug-likeness (QED) is 0.794. The summed E-state index contributed by atoms with van der Waals surface area (Å²) in [5.41, 5.74) is 2.21. The monoisotopic (exact) mass is 290 g/mol. The lowest BCUT2D eigenvalue weighted by molar-refractivity contribution is 0.331. The number of hydrogen-bond donors (Lipinski definition) is 0. The van der Waals surface area contributed by atoms with Crippen molar-refractivity contribution in [1.82, 2.24) is 9.55 Å². The van der Waals surface area contributed by atoms with Crippen LogP contribution in [0.25, 0.3) is 11.0 Å². The van der Waals surface area contributed by atoms with Crippen LogP contribution in [0.3, 0.4) is 0 Å². The Bertz CT molecular complexity index is 651. The summed E-state index contributed by atoms with van der Waals surface area (Å²) in [5.74, 6) is 4.10. The SMILES string of the molecule is COc1ccc2nc(CCl)n(C3CC4CCC3C4)c2c1. The van der Waals surface area contributed by atoms with E-state index in [1.54, 1.807) is 7.11 Å². The topological polar surface area (TPSA) is 27.1 Å². The number of fused-ring (bicyclic) bond motifs is 3. The van der Waals surface area contributed by atoms with Gasteiger partial charge in [0, 0.05) is 12.1 Å². The minimum Gasteiger partial charge on any atom is -0.497 e. The van der Waals surface area contributed by atoms with Crippen molar-refractivity contribution in [2.75, 3.05) is 7.11 Å². The highest BCUT2D eigenvalue weighted by Crippen LogP contribution is 2.51. The van der Waals surface area contributed by atoms with Crippen LogP contribution in [0, 0.1) is 11.8 Å². The molecule has 0 spiro atoms. The van der Waals surface area contributed by atoms with Crippen molar-refractivity contribution in [1.29, 1.82) is 0 Å². The van der Waals surface area contributed by atoms with Crippen molar-refractivity contribution in [3.05, 3.63) is 24.0 Å². The number of halogens is 1. The van der Waals surface area contributed by atoms with Gasteiger partial charge in [-0.05, 0) is 43.2 Å². The highest BCUT2D eigenvalue weighted by molar-refractivity contribution is 6.16. The number of rotatable bonds is 3. The van der Waals surface area contributed by atoms with Crippen molar-refractivity contribution in [2.24, 2.45) is 11.8 Å². The fourth-order valence-electron chi connectivity index (χ4n) is 4.24. The van der Waals surface area contributed by atoms with Crippen molar-refractivity contribution >= 4 is 22.6 Å². The van der Waals surface area contributed by atoms with E-state index < -0.39 is 0 Å². The van der Waals surface area contributed by atoms with E-state index in [9.17, 15) is 0 Å². The number of imidazole rings is 1. The number of ether oxygens (including phenoxy) is 1. The lowest BCUT2D eigenvalue weighted by Crippen LogP contribution is -2.18. The molecule has 1 aromatic carbocycles. The van der Waals surface area contributed by atoms with Crippen LogP contribution in [-0.2, 0) is 5.88 Å². The second-order valence-electron chi connectivity index (χ2n) is 6.13. The summed E-state index contributed by atoms with van der Waals surface area (Å²) < 4.78 is 7.77. The van der Waals surface area contributed by atoms with Gasteiger partial charge in [-0.3, -0.25) is 0 Å². The average molecular weight is 291 g/mol. The van der Waals surface area contributed by atoms with E-state index in [4.69, 9.17) is 21.3 Å². The summed E-state index contributed by atoms with van der Waals surface area (Å²) in [5, 5.41) is 0. The van der Waals surface area contributed by atoms with Gasteiger partial charge in [-0.25, -0.2) is 4.98 Å². The lowest BCUT2D eigenvalue weighted by atomic mass is 9.95. The number of nitrogens with zero attached hydrogens (tertiary/aromatic N) is 2. The van der Waals surface area contributed by atoms with Crippen LogP contribution in [0.2, 0.25) is 0 Å². The highest BCUT2D eigenvalue weighted by Gasteiger charge is 2.41. The van der Waals surface area contributed by atoms with Gasteiger partial charge in [0.05, 0.1) is 24.0 Å². The first-order chi connectivity index (χ1) is 9.80. The Morgan fingerprint density at radius 1 is 1.35 bits per heavy atom. The standard InChI is InChI=1S/C16H19ClN2O/c1-20-12-4-5-13-15(8-12)19(16(9-17)18-13)14-7-10-2-3-11(14)6-10/h4-5,8,10-11,14H,2-3,6-7,9H2,1H3. The molecule has 0 aliphatic heterocycles. The van der Waals surface area contributed by atoms with E-state index in [-0.39, 0.29) is 0 Å². The van der Waals surface area contributed by atoms with Crippen molar-refractivity contribution in [3.8, 4) is 5.75 Å². The summed E-state index contributed by atoms with van der Waals surface area (Å²) in [6.07, 6.45) is 5.45. The molecule has 4 heteroatoms. The molecule has 3 atom stereocenters. The molecule has 1 aromatic heterocycles. The van der Waals surface area contributed by atoms with Gasteiger partial charge in [0.15, 0.2) is 0 Å². The molecule has 3 nitrogen and oxygen atoms in total. The van der Waals surface area contributed by atoms with E-state index in [1.165, 1.54) is 31.2 Å². The van der Waals surface area contributed by atoms with Gasteiger partial charge in [0.2, 0.25) is 0 Å².